The Morgan fingerprint density at radius 2 is 2.28 bits per heavy atom. The normalized spacial score (nSPS) is 12.1. The number of nitrogens with zero attached hydrogens (tertiary/aromatic N) is 2. The van der Waals surface area contributed by atoms with Crippen molar-refractivity contribution in [2.45, 2.75) is 32.4 Å². The fourth-order valence-electron chi connectivity index (χ4n) is 1.74. The molecule has 0 saturated carbocycles. The lowest BCUT2D eigenvalue weighted by atomic mass is 10.1. The predicted molar refractivity (Wildman–Crippen MR) is 69.0 cm³/mol. The molecule has 0 spiro atoms. The Balaban J connectivity index is 2.55. The van der Waals surface area contributed by atoms with Crippen LogP contribution in [0.5, 0.6) is 0 Å². The van der Waals surface area contributed by atoms with Crippen LogP contribution >= 0.6 is 0 Å². The summed E-state index contributed by atoms with van der Waals surface area (Å²) in [6.07, 6.45) is 0.813. The van der Waals surface area contributed by atoms with Crippen molar-refractivity contribution in [2.75, 3.05) is 7.05 Å². The first kappa shape index (κ1) is 14.2. The molecule has 1 unspecified atom stereocenters. The lowest BCUT2D eigenvalue weighted by molar-refractivity contribution is -0.137. The molecule has 4 nitrogen and oxygen atoms in total. The number of benzene rings is 1. The molecule has 0 heterocycles. The Bertz CT molecular complexity index is 451. The van der Waals surface area contributed by atoms with E-state index in [0.29, 0.717) is 12.0 Å². The van der Waals surface area contributed by atoms with Gasteiger partial charge >= 0.3 is 5.97 Å². The van der Waals surface area contributed by atoms with Gasteiger partial charge in [-0.1, -0.05) is 12.1 Å². The zero-order chi connectivity index (χ0) is 13.5. The molecule has 0 fully saturated rings. The molecule has 0 bridgehead atoms. The summed E-state index contributed by atoms with van der Waals surface area (Å²) in [5.74, 6) is -0.762. The summed E-state index contributed by atoms with van der Waals surface area (Å²) < 4.78 is 0. The summed E-state index contributed by atoms with van der Waals surface area (Å²) in [5, 5.41) is 17.5. The van der Waals surface area contributed by atoms with Gasteiger partial charge in [0, 0.05) is 19.0 Å². The number of nitriles is 1. The second-order valence-electron chi connectivity index (χ2n) is 4.51. The van der Waals surface area contributed by atoms with Gasteiger partial charge in [0.05, 0.1) is 11.6 Å². The number of hydrogen-bond acceptors (Lipinski definition) is 3. The SMILES string of the molecule is CC(CCC(=O)O)N(C)Cc1cccc(C#N)c1. The Labute approximate surface area is 107 Å². The Morgan fingerprint density at radius 1 is 1.56 bits per heavy atom. The van der Waals surface area contributed by atoms with Crippen LogP contribution in [0.4, 0.5) is 0 Å². The Morgan fingerprint density at radius 3 is 2.89 bits per heavy atom. The quantitative estimate of drug-likeness (QED) is 0.836. The highest BCUT2D eigenvalue weighted by atomic mass is 16.4. The van der Waals surface area contributed by atoms with Crippen molar-refractivity contribution in [2.24, 2.45) is 0 Å². The molecule has 1 atom stereocenters. The van der Waals surface area contributed by atoms with Gasteiger partial charge in [0.15, 0.2) is 0 Å². The maximum absolute atomic E-state index is 10.5. The van der Waals surface area contributed by atoms with E-state index < -0.39 is 5.97 Å². The first-order valence-corrected chi connectivity index (χ1v) is 5.94. The van der Waals surface area contributed by atoms with Crippen molar-refractivity contribution < 1.29 is 9.90 Å². The first-order chi connectivity index (χ1) is 8.52. The molecular formula is C14H18N2O2. The molecule has 0 saturated heterocycles. The fraction of sp³-hybridized carbons (Fsp3) is 0.429. The van der Waals surface area contributed by atoms with E-state index in [-0.39, 0.29) is 12.5 Å². The molecule has 1 aromatic rings. The molecule has 0 amide bonds. The highest BCUT2D eigenvalue weighted by Crippen LogP contribution is 2.11. The van der Waals surface area contributed by atoms with Gasteiger partial charge < -0.3 is 5.11 Å². The monoisotopic (exact) mass is 246 g/mol. The molecule has 0 aromatic heterocycles. The van der Waals surface area contributed by atoms with Crippen LogP contribution in [0.1, 0.15) is 30.9 Å². The fourth-order valence-corrected chi connectivity index (χ4v) is 1.74. The second-order valence-corrected chi connectivity index (χ2v) is 4.51. The highest BCUT2D eigenvalue weighted by molar-refractivity contribution is 5.66. The number of rotatable bonds is 6. The summed E-state index contributed by atoms with van der Waals surface area (Å²) >= 11 is 0. The molecule has 18 heavy (non-hydrogen) atoms. The van der Waals surface area contributed by atoms with Crippen molar-refractivity contribution in [1.29, 1.82) is 5.26 Å². The Hall–Kier alpha value is -1.86. The maximum atomic E-state index is 10.5. The molecular weight excluding hydrogens is 228 g/mol. The molecule has 0 aliphatic carbocycles. The minimum Gasteiger partial charge on any atom is -0.481 e. The van der Waals surface area contributed by atoms with E-state index in [9.17, 15) is 4.79 Å². The van der Waals surface area contributed by atoms with Crippen LogP contribution in [0, 0.1) is 11.3 Å². The topological polar surface area (TPSA) is 64.3 Å². The summed E-state index contributed by atoms with van der Waals surface area (Å²) in [6.45, 7) is 2.73. The number of hydrogen-bond donors (Lipinski definition) is 1. The Kier molecular flexibility index (Phi) is 5.34. The largest absolute Gasteiger partial charge is 0.481 e. The number of aliphatic carboxylic acids is 1. The zero-order valence-corrected chi connectivity index (χ0v) is 10.8. The summed E-state index contributed by atoms with van der Waals surface area (Å²) in [7, 11) is 1.96. The van der Waals surface area contributed by atoms with Crippen LogP contribution in [0.3, 0.4) is 0 Å². The summed E-state index contributed by atoms with van der Waals surface area (Å²) in [4.78, 5) is 12.6. The predicted octanol–water partition coefficient (Wildman–Crippen LogP) is 2.24. The molecule has 0 radical (unpaired) electrons. The highest BCUT2D eigenvalue weighted by Gasteiger charge is 2.11. The van der Waals surface area contributed by atoms with Gasteiger partial charge in [0.25, 0.3) is 0 Å². The molecule has 1 N–H and O–H groups in total. The van der Waals surface area contributed by atoms with Crippen LogP contribution in [0.2, 0.25) is 0 Å². The summed E-state index contributed by atoms with van der Waals surface area (Å²) in [6, 6.07) is 9.79. The number of carbonyl (C=O) groups is 1. The summed E-state index contributed by atoms with van der Waals surface area (Å²) in [5.41, 5.74) is 1.72. The van der Waals surface area contributed by atoms with E-state index in [2.05, 4.69) is 11.0 Å². The van der Waals surface area contributed by atoms with Crippen molar-refractivity contribution in [3.8, 4) is 6.07 Å². The average molecular weight is 246 g/mol. The third kappa shape index (κ3) is 4.56. The van der Waals surface area contributed by atoms with Gasteiger partial charge in [0.1, 0.15) is 0 Å². The second kappa shape index (κ2) is 6.77. The number of carboxylic acid groups (broad SMARTS) is 1. The van der Waals surface area contributed by atoms with Crippen LogP contribution in [-0.2, 0) is 11.3 Å². The van der Waals surface area contributed by atoms with E-state index in [1.807, 2.05) is 32.2 Å². The van der Waals surface area contributed by atoms with E-state index in [4.69, 9.17) is 10.4 Å². The van der Waals surface area contributed by atoms with Crippen LogP contribution in [0.15, 0.2) is 24.3 Å². The van der Waals surface area contributed by atoms with Gasteiger partial charge in [-0.05, 0) is 38.1 Å². The van der Waals surface area contributed by atoms with Crippen LogP contribution in [-0.4, -0.2) is 29.1 Å². The van der Waals surface area contributed by atoms with Gasteiger partial charge in [-0.15, -0.1) is 0 Å². The van der Waals surface area contributed by atoms with Crippen molar-refractivity contribution in [3.05, 3.63) is 35.4 Å². The lowest BCUT2D eigenvalue weighted by Gasteiger charge is -2.24. The molecule has 0 aliphatic rings. The van der Waals surface area contributed by atoms with Gasteiger partial charge in [0.2, 0.25) is 0 Å². The van der Waals surface area contributed by atoms with E-state index in [1.165, 1.54) is 0 Å². The van der Waals surface area contributed by atoms with Gasteiger partial charge in [-0.3, -0.25) is 9.69 Å². The van der Waals surface area contributed by atoms with Crippen molar-refractivity contribution >= 4 is 5.97 Å². The minimum atomic E-state index is -0.762. The molecule has 1 aromatic carbocycles. The molecule has 1 rings (SSSR count). The lowest BCUT2D eigenvalue weighted by Crippen LogP contribution is -2.29. The van der Waals surface area contributed by atoms with Crippen LogP contribution in [0.25, 0.3) is 0 Å². The van der Waals surface area contributed by atoms with Gasteiger partial charge in [-0.2, -0.15) is 5.26 Å². The molecule has 0 aliphatic heterocycles. The zero-order valence-electron chi connectivity index (χ0n) is 10.8. The number of carboxylic acids is 1. The van der Waals surface area contributed by atoms with Crippen LogP contribution < -0.4 is 0 Å². The average Bonchev–Trinajstić information content (AvgIpc) is 2.36. The van der Waals surface area contributed by atoms with Gasteiger partial charge in [-0.25, -0.2) is 0 Å². The van der Waals surface area contributed by atoms with E-state index in [0.717, 1.165) is 12.1 Å². The first-order valence-electron chi connectivity index (χ1n) is 5.94. The standard InChI is InChI=1S/C14H18N2O2/c1-11(6-7-14(17)18)16(2)10-13-5-3-4-12(8-13)9-15/h3-5,8,11H,6-7,10H2,1-2H3,(H,17,18). The van der Waals surface area contributed by atoms with E-state index in [1.54, 1.807) is 6.07 Å². The third-order valence-corrected chi connectivity index (χ3v) is 3.02. The minimum absolute atomic E-state index is 0.184. The molecule has 4 heteroatoms. The molecule has 96 valence electrons. The van der Waals surface area contributed by atoms with E-state index >= 15 is 0 Å². The maximum Gasteiger partial charge on any atom is 0.303 e. The third-order valence-electron chi connectivity index (χ3n) is 3.02. The smallest absolute Gasteiger partial charge is 0.303 e. The van der Waals surface area contributed by atoms with Crippen molar-refractivity contribution in [1.82, 2.24) is 4.90 Å². The van der Waals surface area contributed by atoms with Crippen molar-refractivity contribution in [3.63, 3.8) is 0 Å².